The van der Waals surface area contributed by atoms with Gasteiger partial charge in [0.15, 0.2) is 0 Å². The Bertz CT molecular complexity index is 951. The zero-order chi connectivity index (χ0) is 19.2. The molecule has 2 aromatic heterocycles. The lowest BCUT2D eigenvalue weighted by Gasteiger charge is -2.35. The van der Waals surface area contributed by atoms with Gasteiger partial charge in [0.05, 0.1) is 5.69 Å². The van der Waals surface area contributed by atoms with Crippen molar-refractivity contribution in [1.82, 2.24) is 19.9 Å². The zero-order valence-corrected chi connectivity index (χ0v) is 15.5. The maximum Gasteiger partial charge on any atom is 0.246 e. The topological polar surface area (TPSA) is 62.2 Å². The number of pyridine rings is 1. The molecule has 0 radical (unpaired) electrons. The fourth-order valence-electron chi connectivity index (χ4n) is 3.19. The Morgan fingerprint density at radius 3 is 2.54 bits per heavy atom. The second-order valence-electron chi connectivity index (χ2n) is 6.56. The van der Waals surface area contributed by atoms with Crippen LogP contribution in [0.5, 0.6) is 0 Å². The van der Waals surface area contributed by atoms with E-state index in [4.69, 9.17) is 0 Å². The molecule has 0 aliphatic carbocycles. The summed E-state index contributed by atoms with van der Waals surface area (Å²) >= 11 is 0. The summed E-state index contributed by atoms with van der Waals surface area (Å²) in [6.45, 7) is 2.83. The Morgan fingerprint density at radius 1 is 0.964 bits per heavy atom. The molecule has 1 fully saturated rings. The Balaban J connectivity index is 1.38. The van der Waals surface area contributed by atoms with Gasteiger partial charge in [-0.2, -0.15) is 0 Å². The lowest BCUT2D eigenvalue weighted by Crippen LogP contribution is -2.48. The third-order valence-corrected chi connectivity index (χ3v) is 4.74. The molecule has 0 saturated carbocycles. The summed E-state index contributed by atoms with van der Waals surface area (Å²) in [5, 5.41) is 0. The number of carbonyl (C=O) groups excluding carboxylic acids is 1. The van der Waals surface area contributed by atoms with Crippen LogP contribution in [0.1, 0.15) is 5.56 Å². The molecule has 0 bridgehead atoms. The zero-order valence-electron chi connectivity index (χ0n) is 15.5. The Hall–Kier alpha value is -3.54. The molecule has 0 spiro atoms. The van der Waals surface area contributed by atoms with Crippen LogP contribution in [0.3, 0.4) is 0 Å². The first-order chi connectivity index (χ1) is 13.8. The van der Waals surface area contributed by atoms with Gasteiger partial charge in [0, 0.05) is 56.3 Å². The van der Waals surface area contributed by atoms with Gasteiger partial charge in [-0.15, -0.1) is 0 Å². The number of amides is 1. The molecule has 3 aromatic rings. The second-order valence-corrected chi connectivity index (χ2v) is 6.56. The molecule has 1 aromatic carbocycles. The first-order valence-electron chi connectivity index (χ1n) is 9.29. The SMILES string of the molecule is O=C(/C=C/c1cccnc1)N1CCN(c2cc(-c3ccccc3)ncn2)CC1. The van der Waals surface area contributed by atoms with Gasteiger partial charge < -0.3 is 9.80 Å². The van der Waals surface area contributed by atoms with Crippen molar-refractivity contribution in [1.29, 1.82) is 0 Å². The van der Waals surface area contributed by atoms with Crippen molar-refractivity contribution < 1.29 is 4.79 Å². The lowest BCUT2D eigenvalue weighted by molar-refractivity contribution is -0.126. The van der Waals surface area contributed by atoms with E-state index in [-0.39, 0.29) is 5.91 Å². The van der Waals surface area contributed by atoms with Gasteiger partial charge in [0.2, 0.25) is 5.91 Å². The maximum atomic E-state index is 12.4. The Morgan fingerprint density at radius 2 is 1.79 bits per heavy atom. The molecule has 4 rings (SSSR count). The number of rotatable bonds is 4. The summed E-state index contributed by atoms with van der Waals surface area (Å²) < 4.78 is 0. The quantitative estimate of drug-likeness (QED) is 0.660. The van der Waals surface area contributed by atoms with E-state index in [1.54, 1.807) is 30.9 Å². The van der Waals surface area contributed by atoms with Crippen LogP contribution >= 0.6 is 0 Å². The molecule has 6 heteroatoms. The van der Waals surface area contributed by atoms with Crippen LogP contribution in [0.25, 0.3) is 17.3 Å². The van der Waals surface area contributed by atoms with Crippen LogP contribution < -0.4 is 4.90 Å². The van der Waals surface area contributed by atoms with Crippen molar-refractivity contribution >= 4 is 17.8 Å². The van der Waals surface area contributed by atoms with E-state index in [0.717, 1.165) is 35.7 Å². The highest BCUT2D eigenvalue weighted by atomic mass is 16.2. The number of aromatic nitrogens is 3. The van der Waals surface area contributed by atoms with E-state index < -0.39 is 0 Å². The van der Waals surface area contributed by atoms with E-state index >= 15 is 0 Å². The summed E-state index contributed by atoms with van der Waals surface area (Å²) in [4.78, 5) is 29.4. The molecule has 6 nitrogen and oxygen atoms in total. The van der Waals surface area contributed by atoms with Crippen LogP contribution in [0.4, 0.5) is 5.82 Å². The fraction of sp³-hybridized carbons (Fsp3) is 0.182. The number of hydrogen-bond donors (Lipinski definition) is 0. The standard InChI is InChI=1S/C22H21N5O/c28-22(9-8-18-5-4-10-23-16-18)27-13-11-26(12-14-27)21-15-20(24-17-25-21)19-6-2-1-3-7-19/h1-10,15-17H,11-14H2/b9-8+. The molecular formula is C22H21N5O. The highest BCUT2D eigenvalue weighted by Gasteiger charge is 2.21. The predicted molar refractivity (Wildman–Crippen MR) is 110 cm³/mol. The molecule has 0 atom stereocenters. The van der Waals surface area contributed by atoms with Gasteiger partial charge in [0.25, 0.3) is 0 Å². The molecular weight excluding hydrogens is 350 g/mol. The number of piperazine rings is 1. The molecule has 0 N–H and O–H groups in total. The molecule has 1 aliphatic rings. The summed E-state index contributed by atoms with van der Waals surface area (Å²) in [6, 6.07) is 15.9. The predicted octanol–water partition coefficient (Wildman–Crippen LogP) is 2.90. The summed E-state index contributed by atoms with van der Waals surface area (Å²) in [6.07, 6.45) is 8.48. The van der Waals surface area contributed by atoms with Crippen molar-refractivity contribution in [2.75, 3.05) is 31.1 Å². The molecule has 1 aliphatic heterocycles. The molecule has 140 valence electrons. The highest BCUT2D eigenvalue weighted by molar-refractivity contribution is 5.91. The summed E-state index contributed by atoms with van der Waals surface area (Å²) in [5.41, 5.74) is 2.90. The Labute approximate surface area is 164 Å². The lowest BCUT2D eigenvalue weighted by atomic mass is 10.1. The first-order valence-corrected chi connectivity index (χ1v) is 9.29. The highest BCUT2D eigenvalue weighted by Crippen LogP contribution is 2.21. The second kappa shape index (κ2) is 8.43. The van der Waals surface area contributed by atoms with Crippen molar-refractivity contribution in [2.24, 2.45) is 0 Å². The number of nitrogens with zero attached hydrogens (tertiary/aromatic N) is 5. The van der Waals surface area contributed by atoms with E-state index in [1.807, 2.05) is 53.4 Å². The van der Waals surface area contributed by atoms with Gasteiger partial charge in [-0.3, -0.25) is 9.78 Å². The van der Waals surface area contributed by atoms with Crippen LogP contribution in [0.15, 0.2) is 73.3 Å². The van der Waals surface area contributed by atoms with E-state index in [2.05, 4.69) is 19.9 Å². The smallest absolute Gasteiger partial charge is 0.246 e. The average molecular weight is 371 g/mol. The third-order valence-electron chi connectivity index (χ3n) is 4.74. The van der Waals surface area contributed by atoms with Crippen LogP contribution in [0.2, 0.25) is 0 Å². The third kappa shape index (κ3) is 4.23. The largest absolute Gasteiger partial charge is 0.353 e. The molecule has 1 saturated heterocycles. The van der Waals surface area contributed by atoms with E-state index in [0.29, 0.717) is 13.1 Å². The minimum absolute atomic E-state index is 0.0242. The number of carbonyl (C=O) groups is 1. The van der Waals surface area contributed by atoms with Gasteiger partial charge in [-0.25, -0.2) is 9.97 Å². The average Bonchev–Trinajstić information content (AvgIpc) is 2.79. The van der Waals surface area contributed by atoms with Crippen LogP contribution in [-0.2, 0) is 4.79 Å². The number of hydrogen-bond acceptors (Lipinski definition) is 5. The molecule has 28 heavy (non-hydrogen) atoms. The summed E-state index contributed by atoms with van der Waals surface area (Å²) in [5.74, 6) is 0.919. The van der Waals surface area contributed by atoms with Crippen molar-refractivity contribution in [3.8, 4) is 11.3 Å². The van der Waals surface area contributed by atoms with Crippen molar-refractivity contribution in [2.45, 2.75) is 0 Å². The fourth-order valence-corrected chi connectivity index (χ4v) is 3.19. The van der Waals surface area contributed by atoms with Crippen LogP contribution in [0, 0.1) is 0 Å². The first kappa shape index (κ1) is 17.9. The van der Waals surface area contributed by atoms with Crippen molar-refractivity contribution in [3.05, 3.63) is 78.9 Å². The van der Waals surface area contributed by atoms with Crippen molar-refractivity contribution in [3.63, 3.8) is 0 Å². The van der Waals surface area contributed by atoms with Crippen LogP contribution in [-0.4, -0.2) is 51.9 Å². The van der Waals surface area contributed by atoms with Gasteiger partial charge in [0.1, 0.15) is 12.1 Å². The van der Waals surface area contributed by atoms with Gasteiger partial charge in [-0.1, -0.05) is 36.4 Å². The maximum absolute atomic E-state index is 12.4. The minimum Gasteiger partial charge on any atom is -0.353 e. The monoisotopic (exact) mass is 371 g/mol. The summed E-state index contributed by atoms with van der Waals surface area (Å²) in [7, 11) is 0. The minimum atomic E-state index is 0.0242. The Kier molecular flexibility index (Phi) is 5.38. The van der Waals surface area contributed by atoms with Gasteiger partial charge >= 0.3 is 0 Å². The van der Waals surface area contributed by atoms with Gasteiger partial charge in [-0.05, 0) is 17.7 Å². The van der Waals surface area contributed by atoms with E-state index in [1.165, 1.54) is 0 Å². The molecule has 1 amide bonds. The molecule has 0 unspecified atom stereocenters. The van der Waals surface area contributed by atoms with E-state index in [9.17, 15) is 4.79 Å². The molecule has 3 heterocycles. The normalized spacial score (nSPS) is 14.4. The number of anilines is 1. The number of benzene rings is 1.